The summed E-state index contributed by atoms with van der Waals surface area (Å²) in [4.78, 5) is 31.5. The van der Waals surface area contributed by atoms with Crippen LogP contribution in [0, 0.1) is 11.2 Å². The van der Waals surface area contributed by atoms with Crippen molar-refractivity contribution in [3.8, 4) is 0 Å². The number of anilines is 1. The van der Waals surface area contributed by atoms with Crippen molar-refractivity contribution in [1.82, 2.24) is 24.1 Å². The van der Waals surface area contributed by atoms with Crippen LogP contribution in [-0.4, -0.2) is 30.1 Å². The van der Waals surface area contributed by atoms with Gasteiger partial charge in [-0.25, -0.2) is 9.37 Å². The van der Waals surface area contributed by atoms with E-state index in [0.29, 0.717) is 34.8 Å². The molecule has 40 heavy (non-hydrogen) atoms. The van der Waals surface area contributed by atoms with Gasteiger partial charge in [0.1, 0.15) is 27.6 Å². The fraction of sp³-hybridized carbons (Fsp3) is 0.103. The van der Waals surface area contributed by atoms with Crippen LogP contribution in [0.3, 0.4) is 0 Å². The molecule has 4 aromatic heterocycles. The predicted molar refractivity (Wildman–Crippen MR) is 150 cm³/mol. The van der Waals surface area contributed by atoms with Gasteiger partial charge in [-0.2, -0.15) is 0 Å². The number of benzene rings is 2. The Morgan fingerprint density at radius 1 is 1.00 bits per heavy atom. The number of rotatable bonds is 7. The van der Waals surface area contributed by atoms with E-state index in [1.165, 1.54) is 16.5 Å². The van der Waals surface area contributed by atoms with Gasteiger partial charge in [-0.05, 0) is 41.8 Å². The topological polar surface area (TPSA) is 118 Å². The Labute approximate surface area is 230 Å². The highest BCUT2D eigenvalue weighted by Gasteiger charge is 2.19. The summed E-state index contributed by atoms with van der Waals surface area (Å²) in [5.74, 6) is -0.947. The van der Waals surface area contributed by atoms with Gasteiger partial charge in [-0.1, -0.05) is 65.9 Å². The first-order valence-corrected chi connectivity index (χ1v) is 13.3. The van der Waals surface area contributed by atoms with Gasteiger partial charge in [0.2, 0.25) is 5.13 Å². The predicted octanol–water partition coefficient (Wildman–Crippen LogP) is 4.21. The molecule has 0 atom stereocenters. The zero-order chi connectivity index (χ0) is 27.6. The molecule has 6 rings (SSSR count). The number of aromatic nitrogens is 5. The molecule has 0 unspecified atom stereocenters. The first-order chi connectivity index (χ1) is 19.5. The molecule has 0 saturated carbocycles. The molecular weight excluding hydrogens is 529 g/mol. The molecule has 6 aromatic rings. The number of aryl methyl sites for hydroxylation is 2. The minimum absolute atomic E-state index is 0.00111. The summed E-state index contributed by atoms with van der Waals surface area (Å²) >= 11 is 1.12. The van der Waals surface area contributed by atoms with Crippen LogP contribution >= 0.6 is 11.3 Å². The lowest BCUT2D eigenvalue weighted by Crippen LogP contribution is -2.32. The largest absolute Gasteiger partial charge is 0.310 e. The molecule has 11 heteroatoms. The zero-order valence-electron chi connectivity index (χ0n) is 21.0. The Hall–Kier alpha value is -5.03. The van der Waals surface area contributed by atoms with Crippen molar-refractivity contribution in [3.63, 3.8) is 0 Å². The van der Waals surface area contributed by atoms with Gasteiger partial charge in [-0.15, -0.1) is 10.2 Å². The Bertz CT molecular complexity index is 2000. The fourth-order valence-corrected chi connectivity index (χ4v) is 5.27. The highest BCUT2D eigenvalue weighted by atomic mass is 32.1. The standard InChI is InChI=1S/C29H22FN7O2S/c30-22-11-5-4-10-19(22)16-24-34-35-29(40-24)33-27(38)20-17-21-26(32-23-12-6-7-14-36(23)28(21)39)37(25(20)31)15-13-18-8-2-1-3-9-18/h1-12,14,17,31H,13,15-16H2,(H,33,35,38). The van der Waals surface area contributed by atoms with Crippen molar-refractivity contribution in [2.24, 2.45) is 0 Å². The third kappa shape index (κ3) is 4.90. The van der Waals surface area contributed by atoms with Crippen molar-refractivity contribution in [2.75, 3.05) is 5.32 Å². The summed E-state index contributed by atoms with van der Waals surface area (Å²) in [6, 6.07) is 22.8. The Morgan fingerprint density at radius 3 is 2.60 bits per heavy atom. The highest BCUT2D eigenvalue weighted by molar-refractivity contribution is 7.15. The maximum atomic E-state index is 14.1. The number of nitrogens with one attached hydrogen (secondary N) is 2. The van der Waals surface area contributed by atoms with Gasteiger partial charge in [0, 0.05) is 19.2 Å². The van der Waals surface area contributed by atoms with Crippen LogP contribution in [0.25, 0.3) is 16.7 Å². The molecule has 0 aliphatic carbocycles. The molecular formula is C29H22FN7O2S. The molecule has 2 aromatic carbocycles. The number of carbonyl (C=O) groups is 1. The van der Waals surface area contributed by atoms with E-state index >= 15 is 0 Å². The summed E-state index contributed by atoms with van der Waals surface area (Å²) in [6.45, 7) is 0.335. The van der Waals surface area contributed by atoms with E-state index in [1.807, 2.05) is 30.3 Å². The fourth-order valence-electron chi connectivity index (χ4n) is 4.51. The summed E-state index contributed by atoms with van der Waals surface area (Å²) in [7, 11) is 0. The molecule has 0 aliphatic heterocycles. The number of fused-ring (bicyclic) bond motifs is 2. The molecule has 0 fully saturated rings. The van der Waals surface area contributed by atoms with Gasteiger partial charge in [0.25, 0.3) is 11.5 Å². The van der Waals surface area contributed by atoms with Crippen LogP contribution in [0.15, 0.2) is 89.9 Å². The van der Waals surface area contributed by atoms with E-state index < -0.39 is 5.91 Å². The molecule has 4 heterocycles. The van der Waals surface area contributed by atoms with Crippen LogP contribution in [-0.2, 0) is 19.4 Å². The SMILES string of the molecule is N=c1c(C(=O)Nc2nnc(Cc3ccccc3F)s2)cc2c(=O)n3ccccc3nc2n1CCc1ccccc1. The molecule has 0 bridgehead atoms. The van der Waals surface area contributed by atoms with Gasteiger partial charge in [-0.3, -0.25) is 24.7 Å². The molecule has 0 radical (unpaired) electrons. The Kier molecular flexibility index (Phi) is 6.71. The normalized spacial score (nSPS) is 11.2. The van der Waals surface area contributed by atoms with Crippen molar-refractivity contribution in [1.29, 1.82) is 5.41 Å². The lowest BCUT2D eigenvalue weighted by molar-refractivity contribution is 0.102. The minimum Gasteiger partial charge on any atom is -0.310 e. The Balaban J connectivity index is 1.38. The summed E-state index contributed by atoms with van der Waals surface area (Å²) in [5.41, 5.74) is 1.87. The lowest BCUT2D eigenvalue weighted by atomic mass is 10.1. The van der Waals surface area contributed by atoms with E-state index in [0.717, 1.165) is 16.9 Å². The summed E-state index contributed by atoms with van der Waals surface area (Å²) in [5, 5.41) is 20.7. The average molecular weight is 552 g/mol. The van der Waals surface area contributed by atoms with Crippen LogP contribution < -0.4 is 16.4 Å². The average Bonchev–Trinajstić information content (AvgIpc) is 3.41. The third-order valence-corrected chi connectivity index (χ3v) is 7.36. The van der Waals surface area contributed by atoms with Crippen LogP contribution in [0.4, 0.5) is 9.52 Å². The minimum atomic E-state index is -0.605. The second-order valence-corrected chi connectivity index (χ2v) is 10.2. The second-order valence-electron chi connectivity index (χ2n) is 9.10. The van der Waals surface area contributed by atoms with Crippen molar-refractivity contribution >= 4 is 39.1 Å². The van der Waals surface area contributed by atoms with E-state index in [9.17, 15) is 14.0 Å². The molecule has 9 nitrogen and oxygen atoms in total. The second kappa shape index (κ2) is 10.6. The smallest absolute Gasteiger partial charge is 0.267 e. The molecule has 1 amide bonds. The van der Waals surface area contributed by atoms with E-state index in [4.69, 9.17) is 5.41 Å². The Morgan fingerprint density at radius 2 is 1.77 bits per heavy atom. The molecule has 198 valence electrons. The summed E-state index contributed by atoms with van der Waals surface area (Å²) in [6.07, 6.45) is 2.42. The van der Waals surface area contributed by atoms with Gasteiger partial charge < -0.3 is 4.57 Å². The number of nitrogens with zero attached hydrogens (tertiary/aromatic N) is 5. The third-order valence-electron chi connectivity index (χ3n) is 6.52. The summed E-state index contributed by atoms with van der Waals surface area (Å²) < 4.78 is 17.1. The quantitative estimate of drug-likeness (QED) is 0.288. The molecule has 2 N–H and O–H groups in total. The molecule has 0 spiro atoms. The van der Waals surface area contributed by atoms with E-state index in [2.05, 4.69) is 20.5 Å². The lowest BCUT2D eigenvalue weighted by Gasteiger charge is -2.14. The number of carbonyl (C=O) groups excluding carboxylic acids is 1. The highest BCUT2D eigenvalue weighted by Crippen LogP contribution is 2.21. The first kappa shape index (κ1) is 25.3. The number of hydrogen-bond donors (Lipinski definition) is 2. The van der Waals surface area contributed by atoms with Crippen LogP contribution in [0.2, 0.25) is 0 Å². The van der Waals surface area contributed by atoms with Gasteiger partial charge >= 0.3 is 0 Å². The van der Waals surface area contributed by atoms with Crippen molar-refractivity contribution < 1.29 is 9.18 Å². The van der Waals surface area contributed by atoms with Crippen LogP contribution in [0.5, 0.6) is 0 Å². The molecule has 0 saturated heterocycles. The number of hydrogen-bond acceptors (Lipinski definition) is 7. The maximum Gasteiger partial charge on any atom is 0.267 e. The number of halogens is 1. The monoisotopic (exact) mass is 551 g/mol. The number of amides is 1. The van der Waals surface area contributed by atoms with Gasteiger partial charge in [0.15, 0.2) is 0 Å². The van der Waals surface area contributed by atoms with Crippen molar-refractivity contribution in [3.05, 3.63) is 128 Å². The number of pyridine rings is 2. The van der Waals surface area contributed by atoms with E-state index in [-0.39, 0.29) is 39.4 Å². The van der Waals surface area contributed by atoms with Crippen molar-refractivity contribution in [2.45, 2.75) is 19.4 Å². The van der Waals surface area contributed by atoms with Gasteiger partial charge in [0.05, 0.1) is 10.9 Å². The maximum absolute atomic E-state index is 14.1. The molecule has 0 aliphatic rings. The van der Waals surface area contributed by atoms with E-state index in [1.54, 1.807) is 47.2 Å². The zero-order valence-corrected chi connectivity index (χ0v) is 21.9. The first-order valence-electron chi connectivity index (χ1n) is 12.5. The van der Waals surface area contributed by atoms with Crippen LogP contribution in [0.1, 0.15) is 26.5 Å².